The van der Waals surface area contributed by atoms with Gasteiger partial charge in [0, 0.05) is 55.5 Å². The number of likely N-dealkylation sites (tertiary alicyclic amines) is 1. The SMILES string of the molecule is CC(C)(C)OC(=O)N1CC2(CCN(c3ccc(C(=O)Cc4ccccc4N)cn3)CC2)C1. The van der Waals surface area contributed by atoms with Crippen molar-refractivity contribution in [3.8, 4) is 0 Å². The molecule has 1 spiro atoms. The van der Waals surface area contributed by atoms with Crippen molar-refractivity contribution in [2.45, 2.75) is 45.6 Å². The maximum absolute atomic E-state index is 12.6. The van der Waals surface area contributed by atoms with Gasteiger partial charge in [-0.1, -0.05) is 18.2 Å². The smallest absolute Gasteiger partial charge is 0.410 e. The summed E-state index contributed by atoms with van der Waals surface area (Å²) < 4.78 is 5.47. The fourth-order valence-electron chi connectivity index (χ4n) is 4.45. The molecule has 7 heteroatoms. The highest BCUT2D eigenvalue weighted by Gasteiger charge is 2.47. The maximum Gasteiger partial charge on any atom is 0.410 e. The second-order valence-electron chi connectivity index (χ2n) is 10.0. The van der Waals surface area contributed by atoms with E-state index in [-0.39, 0.29) is 23.7 Å². The molecule has 2 aliphatic rings. The summed E-state index contributed by atoms with van der Waals surface area (Å²) in [6.07, 6.45) is 3.75. The summed E-state index contributed by atoms with van der Waals surface area (Å²) in [6, 6.07) is 11.2. The molecular weight excluding hydrogens is 404 g/mol. The van der Waals surface area contributed by atoms with Crippen molar-refractivity contribution >= 4 is 23.4 Å². The first-order valence-electron chi connectivity index (χ1n) is 11.2. The highest BCUT2D eigenvalue weighted by atomic mass is 16.6. The zero-order valence-electron chi connectivity index (χ0n) is 19.1. The van der Waals surface area contributed by atoms with Crippen molar-refractivity contribution in [2.75, 3.05) is 36.8 Å². The third kappa shape index (κ3) is 4.87. The Morgan fingerprint density at radius 2 is 1.78 bits per heavy atom. The van der Waals surface area contributed by atoms with Crippen molar-refractivity contribution in [3.63, 3.8) is 0 Å². The lowest BCUT2D eigenvalue weighted by molar-refractivity contribution is -0.0434. The van der Waals surface area contributed by atoms with E-state index in [0.717, 1.165) is 50.4 Å². The molecule has 2 aromatic rings. The van der Waals surface area contributed by atoms with E-state index < -0.39 is 5.60 Å². The highest BCUT2D eigenvalue weighted by molar-refractivity contribution is 5.98. The molecule has 2 aliphatic heterocycles. The predicted molar refractivity (Wildman–Crippen MR) is 125 cm³/mol. The number of benzene rings is 1. The number of amides is 1. The Morgan fingerprint density at radius 3 is 2.38 bits per heavy atom. The van der Waals surface area contributed by atoms with Crippen LogP contribution >= 0.6 is 0 Å². The van der Waals surface area contributed by atoms with E-state index in [1.165, 1.54) is 0 Å². The average Bonchev–Trinajstić information content (AvgIpc) is 2.72. The first kappa shape index (κ1) is 22.1. The van der Waals surface area contributed by atoms with Crippen LogP contribution in [0.4, 0.5) is 16.3 Å². The molecule has 0 aliphatic carbocycles. The van der Waals surface area contributed by atoms with Crippen LogP contribution in [-0.4, -0.2) is 53.5 Å². The number of carbonyl (C=O) groups excluding carboxylic acids is 2. The zero-order valence-corrected chi connectivity index (χ0v) is 19.1. The number of piperidine rings is 1. The number of aromatic nitrogens is 1. The van der Waals surface area contributed by atoms with Gasteiger partial charge >= 0.3 is 6.09 Å². The molecule has 2 saturated heterocycles. The summed E-state index contributed by atoms with van der Waals surface area (Å²) in [5.74, 6) is 0.898. The van der Waals surface area contributed by atoms with Gasteiger partial charge in [-0.2, -0.15) is 0 Å². The number of ketones is 1. The standard InChI is InChI=1S/C25H32N4O3/c1-24(2,3)32-23(31)29-16-25(17-29)10-12-28(13-11-25)22-9-8-19(15-27-22)21(30)14-18-6-4-5-7-20(18)26/h4-9,15H,10-14,16-17,26H2,1-3H3. The minimum absolute atomic E-state index is 0.0104. The minimum Gasteiger partial charge on any atom is -0.444 e. The second-order valence-corrected chi connectivity index (χ2v) is 10.0. The van der Waals surface area contributed by atoms with Crippen LogP contribution in [0.15, 0.2) is 42.6 Å². The van der Waals surface area contributed by atoms with E-state index in [2.05, 4.69) is 9.88 Å². The third-order valence-corrected chi connectivity index (χ3v) is 6.33. The lowest BCUT2D eigenvalue weighted by Gasteiger charge is -2.53. The van der Waals surface area contributed by atoms with Gasteiger partial charge in [-0.3, -0.25) is 4.79 Å². The Morgan fingerprint density at radius 1 is 1.09 bits per heavy atom. The number of para-hydroxylation sites is 1. The number of anilines is 2. The van der Waals surface area contributed by atoms with Crippen molar-refractivity contribution < 1.29 is 14.3 Å². The fourth-order valence-corrected chi connectivity index (χ4v) is 4.45. The van der Waals surface area contributed by atoms with Crippen molar-refractivity contribution in [3.05, 3.63) is 53.7 Å². The topological polar surface area (TPSA) is 88.8 Å². The molecule has 1 aromatic heterocycles. The molecule has 0 bridgehead atoms. The van der Waals surface area contributed by atoms with Gasteiger partial charge in [0.2, 0.25) is 0 Å². The number of nitrogens with two attached hydrogens (primary N) is 1. The van der Waals surface area contributed by atoms with Gasteiger partial charge in [0.1, 0.15) is 11.4 Å². The number of ether oxygens (including phenoxy) is 1. The number of hydrogen-bond donors (Lipinski definition) is 1. The molecule has 170 valence electrons. The molecule has 0 saturated carbocycles. The molecule has 0 atom stereocenters. The van der Waals surface area contributed by atoms with Crippen molar-refractivity contribution in [1.29, 1.82) is 0 Å². The van der Waals surface area contributed by atoms with Crippen LogP contribution in [0.5, 0.6) is 0 Å². The van der Waals surface area contributed by atoms with Gasteiger partial charge in [0.05, 0.1) is 0 Å². The minimum atomic E-state index is -0.462. The lowest BCUT2D eigenvalue weighted by atomic mass is 9.72. The second kappa shape index (κ2) is 8.45. The van der Waals surface area contributed by atoms with E-state index in [0.29, 0.717) is 11.3 Å². The molecule has 7 nitrogen and oxygen atoms in total. The summed E-state index contributed by atoms with van der Waals surface area (Å²) in [6.45, 7) is 8.98. The largest absolute Gasteiger partial charge is 0.444 e. The summed E-state index contributed by atoms with van der Waals surface area (Å²) in [5.41, 5.74) is 7.75. The summed E-state index contributed by atoms with van der Waals surface area (Å²) in [7, 11) is 0. The fraction of sp³-hybridized carbons (Fsp3) is 0.480. The van der Waals surface area contributed by atoms with E-state index in [9.17, 15) is 9.59 Å². The Labute approximate surface area is 189 Å². The highest BCUT2D eigenvalue weighted by Crippen LogP contribution is 2.41. The van der Waals surface area contributed by atoms with E-state index in [1.807, 2.05) is 57.2 Å². The molecule has 32 heavy (non-hydrogen) atoms. The van der Waals surface area contributed by atoms with Gasteiger partial charge < -0.3 is 20.3 Å². The molecule has 2 fully saturated rings. The molecule has 0 unspecified atom stereocenters. The summed E-state index contributed by atoms with van der Waals surface area (Å²) >= 11 is 0. The van der Waals surface area contributed by atoms with Crippen LogP contribution in [0.2, 0.25) is 0 Å². The molecule has 4 rings (SSSR count). The number of nitrogen functional groups attached to an aromatic ring is 1. The number of hydrogen-bond acceptors (Lipinski definition) is 6. The number of rotatable bonds is 4. The van der Waals surface area contributed by atoms with Crippen LogP contribution in [0.1, 0.15) is 49.5 Å². The monoisotopic (exact) mass is 436 g/mol. The van der Waals surface area contributed by atoms with Crippen LogP contribution in [0.3, 0.4) is 0 Å². The van der Waals surface area contributed by atoms with Gasteiger partial charge in [0.15, 0.2) is 5.78 Å². The number of pyridine rings is 1. The average molecular weight is 437 g/mol. The van der Waals surface area contributed by atoms with Crippen molar-refractivity contribution in [1.82, 2.24) is 9.88 Å². The molecule has 3 heterocycles. The molecule has 0 radical (unpaired) electrons. The number of carbonyl (C=O) groups is 2. The third-order valence-electron chi connectivity index (χ3n) is 6.33. The Kier molecular flexibility index (Phi) is 5.84. The first-order valence-corrected chi connectivity index (χ1v) is 11.2. The van der Waals surface area contributed by atoms with E-state index >= 15 is 0 Å². The first-order chi connectivity index (χ1) is 15.1. The zero-order chi connectivity index (χ0) is 22.9. The Bertz CT molecular complexity index is 981. The van der Waals surface area contributed by atoms with Crippen LogP contribution in [-0.2, 0) is 11.2 Å². The van der Waals surface area contributed by atoms with Gasteiger partial charge in [-0.15, -0.1) is 0 Å². The van der Waals surface area contributed by atoms with Gasteiger partial charge in [-0.25, -0.2) is 9.78 Å². The Balaban J connectivity index is 1.29. The lowest BCUT2D eigenvalue weighted by Crippen LogP contribution is -2.62. The van der Waals surface area contributed by atoms with Crippen LogP contribution in [0, 0.1) is 5.41 Å². The summed E-state index contributed by atoms with van der Waals surface area (Å²) in [4.78, 5) is 33.4. The molecule has 2 N–H and O–H groups in total. The van der Waals surface area contributed by atoms with E-state index in [4.69, 9.17) is 10.5 Å². The number of nitrogens with zero attached hydrogens (tertiary/aromatic N) is 3. The Hall–Kier alpha value is -3.09. The van der Waals surface area contributed by atoms with E-state index in [1.54, 1.807) is 11.1 Å². The normalized spacial score (nSPS) is 17.7. The predicted octanol–water partition coefficient (Wildman–Crippen LogP) is 3.93. The van der Waals surface area contributed by atoms with Crippen molar-refractivity contribution in [2.24, 2.45) is 5.41 Å². The van der Waals surface area contributed by atoms with Crippen LogP contribution in [0.25, 0.3) is 0 Å². The molecule has 1 amide bonds. The van der Waals surface area contributed by atoms with Gasteiger partial charge in [-0.05, 0) is 57.4 Å². The maximum atomic E-state index is 12.6. The van der Waals surface area contributed by atoms with Crippen LogP contribution < -0.4 is 10.6 Å². The molecular formula is C25H32N4O3. The molecule has 1 aromatic carbocycles. The summed E-state index contributed by atoms with van der Waals surface area (Å²) in [5, 5.41) is 0. The van der Waals surface area contributed by atoms with Gasteiger partial charge in [0.25, 0.3) is 0 Å². The quantitative estimate of drug-likeness (QED) is 0.577. The number of Topliss-reactive ketones (excluding diaryl/α,β-unsaturated/α-hetero) is 1.